The number of aryl methyl sites for hydroxylation is 3. The number of fused-ring (bicyclic) bond motifs is 1. The smallest absolute Gasteiger partial charge is 0.224 e. The number of rotatable bonds is 5. The maximum absolute atomic E-state index is 12.1. The van der Waals surface area contributed by atoms with E-state index in [4.69, 9.17) is 0 Å². The minimum absolute atomic E-state index is 0.00843. The molecule has 23 heavy (non-hydrogen) atoms. The standard InChI is InChI=1S/C20H21NO2/c1-14-5-7-16(8-6-14)19(22)11-12-20(23)21-18-10-9-15-3-2-4-17(15)13-18/h5-10,13H,2-4,11-12H2,1H3,(H,21,23). The number of nitrogens with one attached hydrogen (secondary N) is 1. The lowest BCUT2D eigenvalue weighted by Gasteiger charge is -2.07. The van der Waals surface area contributed by atoms with Crippen molar-refractivity contribution in [1.29, 1.82) is 0 Å². The Morgan fingerprint density at radius 2 is 1.70 bits per heavy atom. The summed E-state index contributed by atoms with van der Waals surface area (Å²) in [5.41, 5.74) is 5.34. The average molecular weight is 307 g/mol. The fourth-order valence-corrected chi connectivity index (χ4v) is 2.98. The molecule has 0 aromatic heterocycles. The van der Waals surface area contributed by atoms with Crippen LogP contribution in [0.5, 0.6) is 0 Å². The van der Waals surface area contributed by atoms with E-state index in [1.54, 1.807) is 0 Å². The first-order valence-corrected chi connectivity index (χ1v) is 8.13. The van der Waals surface area contributed by atoms with Crippen LogP contribution in [0.4, 0.5) is 5.69 Å². The van der Waals surface area contributed by atoms with Crippen molar-refractivity contribution in [3.8, 4) is 0 Å². The van der Waals surface area contributed by atoms with E-state index in [2.05, 4.69) is 17.4 Å². The van der Waals surface area contributed by atoms with Crippen LogP contribution in [0, 0.1) is 6.92 Å². The van der Waals surface area contributed by atoms with Gasteiger partial charge in [0.15, 0.2) is 5.78 Å². The summed E-state index contributed by atoms with van der Waals surface area (Å²) >= 11 is 0. The minimum Gasteiger partial charge on any atom is -0.326 e. The van der Waals surface area contributed by atoms with Crippen LogP contribution in [0.15, 0.2) is 42.5 Å². The van der Waals surface area contributed by atoms with Gasteiger partial charge in [0.25, 0.3) is 0 Å². The fraction of sp³-hybridized carbons (Fsp3) is 0.300. The van der Waals surface area contributed by atoms with E-state index in [1.807, 2.05) is 37.3 Å². The number of Topliss-reactive ketones (excluding diaryl/α,β-unsaturated/α-hetero) is 1. The molecule has 3 nitrogen and oxygen atoms in total. The first kappa shape index (κ1) is 15.5. The van der Waals surface area contributed by atoms with Crippen molar-refractivity contribution in [2.75, 3.05) is 5.32 Å². The number of amides is 1. The Hall–Kier alpha value is -2.42. The third-order valence-corrected chi connectivity index (χ3v) is 4.33. The quantitative estimate of drug-likeness (QED) is 0.846. The van der Waals surface area contributed by atoms with Crippen LogP contribution in [-0.2, 0) is 17.6 Å². The number of benzene rings is 2. The molecule has 118 valence electrons. The molecule has 2 aromatic rings. The van der Waals surface area contributed by atoms with Crippen LogP contribution in [0.3, 0.4) is 0 Å². The molecule has 0 heterocycles. The SMILES string of the molecule is Cc1ccc(C(=O)CCC(=O)Nc2ccc3c(c2)CCC3)cc1. The molecular formula is C20H21NO2. The van der Waals surface area contributed by atoms with E-state index in [0.29, 0.717) is 5.56 Å². The Kier molecular flexibility index (Phi) is 4.56. The van der Waals surface area contributed by atoms with Crippen LogP contribution in [0.25, 0.3) is 0 Å². The van der Waals surface area contributed by atoms with Gasteiger partial charge in [-0.25, -0.2) is 0 Å². The van der Waals surface area contributed by atoms with Crippen molar-refractivity contribution in [2.45, 2.75) is 39.0 Å². The van der Waals surface area contributed by atoms with Gasteiger partial charge in [-0.3, -0.25) is 9.59 Å². The van der Waals surface area contributed by atoms with E-state index in [1.165, 1.54) is 17.5 Å². The van der Waals surface area contributed by atoms with Crippen molar-refractivity contribution in [2.24, 2.45) is 0 Å². The fourth-order valence-electron chi connectivity index (χ4n) is 2.98. The molecule has 3 rings (SSSR count). The molecular weight excluding hydrogens is 286 g/mol. The normalized spacial score (nSPS) is 12.7. The number of ketones is 1. The molecule has 0 unspecified atom stereocenters. The van der Waals surface area contributed by atoms with Crippen molar-refractivity contribution in [1.82, 2.24) is 0 Å². The molecule has 0 saturated carbocycles. The van der Waals surface area contributed by atoms with E-state index in [9.17, 15) is 9.59 Å². The third kappa shape index (κ3) is 3.86. The number of hydrogen-bond acceptors (Lipinski definition) is 2. The van der Waals surface area contributed by atoms with Crippen LogP contribution in [0.2, 0.25) is 0 Å². The van der Waals surface area contributed by atoms with Gasteiger partial charge in [0, 0.05) is 24.1 Å². The predicted octanol–water partition coefficient (Wildman–Crippen LogP) is 4.09. The van der Waals surface area contributed by atoms with E-state index >= 15 is 0 Å². The van der Waals surface area contributed by atoms with Gasteiger partial charge in [0.1, 0.15) is 0 Å². The maximum Gasteiger partial charge on any atom is 0.224 e. The molecule has 0 atom stereocenters. The summed E-state index contributed by atoms with van der Waals surface area (Å²) in [7, 11) is 0. The van der Waals surface area contributed by atoms with Gasteiger partial charge < -0.3 is 5.32 Å². The van der Waals surface area contributed by atoms with Crippen molar-refractivity contribution in [3.05, 3.63) is 64.7 Å². The summed E-state index contributed by atoms with van der Waals surface area (Å²) in [4.78, 5) is 24.1. The predicted molar refractivity (Wildman–Crippen MR) is 91.8 cm³/mol. The Balaban J connectivity index is 1.53. The van der Waals surface area contributed by atoms with Crippen molar-refractivity contribution < 1.29 is 9.59 Å². The van der Waals surface area contributed by atoms with Crippen LogP contribution in [-0.4, -0.2) is 11.7 Å². The van der Waals surface area contributed by atoms with E-state index in [-0.39, 0.29) is 24.5 Å². The van der Waals surface area contributed by atoms with Gasteiger partial charge in [-0.05, 0) is 49.4 Å². The summed E-state index contributed by atoms with van der Waals surface area (Å²) in [5, 5.41) is 2.90. The van der Waals surface area contributed by atoms with Gasteiger partial charge >= 0.3 is 0 Å². The highest BCUT2D eigenvalue weighted by molar-refractivity contribution is 6.00. The zero-order valence-electron chi connectivity index (χ0n) is 13.4. The van der Waals surface area contributed by atoms with Gasteiger partial charge in [-0.2, -0.15) is 0 Å². The van der Waals surface area contributed by atoms with Crippen LogP contribution >= 0.6 is 0 Å². The van der Waals surface area contributed by atoms with Gasteiger partial charge in [-0.15, -0.1) is 0 Å². The highest BCUT2D eigenvalue weighted by atomic mass is 16.2. The average Bonchev–Trinajstić information content (AvgIpc) is 3.01. The lowest BCUT2D eigenvalue weighted by Crippen LogP contribution is -2.13. The Morgan fingerprint density at radius 3 is 2.48 bits per heavy atom. The molecule has 1 N–H and O–H groups in total. The molecule has 0 spiro atoms. The molecule has 1 aliphatic rings. The molecule has 2 aromatic carbocycles. The maximum atomic E-state index is 12.1. The number of carbonyl (C=O) groups is 2. The largest absolute Gasteiger partial charge is 0.326 e. The summed E-state index contributed by atoms with van der Waals surface area (Å²) in [6.45, 7) is 1.98. The highest BCUT2D eigenvalue weighted by Crippen LogP contribution is 2.25. The van der Waals surface area contributed by atoms with Crippen molar-refractivity contribution >= 4 is 17.4 Å². The van der Waals surface area contributed by atoms with Gasteiger partial charge in [-0.1, -0.05) is 35.9 Å². The molecule has 0 fully saturated rings. The Labute approximate surface area is 136 Å². The molecule has 0 saturated heterocycles. The molecule has 1 amide bonds. The Morgan fingerprint density at radius 1 is 0.957 bits per heavy atom. The topological polar surface area (TPSA) is 46.2 Å². The molecule has 0 bridgehead atoms. The van der Waals surface area contributed by atoms with E-state index < -0.39 is 0 Å². The number of anilines is 1. The molecule has 1 aliphatic carbocycles. The molecule has 0 radical (unpaired) electrons. The highest BCUT2D eigenvalue weighted by Gasteiger charge is 2.13. The first-order valence-electron chi connectivity index (χ1n) is 8.13. The zero-order chi connectivity index (χ0) is 16.2. The monoisotopic (exact) mass is 307 g/mol. The number of hydrogen-bond donors (Lipinski definition) is 1. The van der Waals surface area contributed by atoms with Crippen molar-refractivity contribution in [3.63, 3.8) is 0 Å². The van der Waals surface area contributed by atoms with Gasteiger partial charge in [0.05, 0.1) is 0 Å². The lowest BCUT2D eigenvalue weighted by molar-refractivity contribution is -0.116. The van der Waals surface area contributed by atoms with Crippen LogP contribution < -0.4 is 5.32 Å². The second kappa shape index (κ2) is 6.78. The second-order valence-electron chi connectivity index (χ2n) is 6.17. The summed E-state index contributed by atoms with van der Waals surface area (Å²) in [6.07, 6.45) is 3.86. The second-order valence-corrected chi connectivity index (χ2v) is 6.17. The minimum atomic E-state index is -0.108. The molecule has 0 aliphatic heterocycles. The lowest BCUT2D eigenvalue weighted by atomic mass is 10.0. The van der Waals surface area contributed by atoms with E-state index in [0.717, 1.165) is 24.1 Å². The third-order valence-electron chi connectivity index (χ3n) is 4.33. The first-order chi connectivity index (χ1) is 11.1. The zero-order valence-corrected chi connectivity index (χ0v) is 13.4. The van der Waals surface area contributed by atoms with Crippen LogP contribution in [0.1, 0.15) is 46.3 Å². The summed E-state index contributed by atoms with van der Waals surface area (Å²) < 4.78 is 0. The summed E-state index contributed by atoms with van der Waals surface area (Å²) in [6, 6.07) is 13.6. The summed E-state index contributed by atoms with van der Waals surface area (Å²) in [5.74, 6) is -0.0995. The molecule has 3 heteroatoms. The number of carbonyl (C=O) groups excluding carboxylic acids is 2. The van der Waals surface area contributed by atoms with Gasteiger partial charge in [0.2, 0.25) is 5.91 Å². The Bertz CT molecular complexity index is 732.